The third-order valence-corrected chi connectivity index (χ3v) is 2.47. The van der Waals surface area contributed by atoms with Crippen molar-refractivity contribution in [1.82, 2.24) is 10.2 Å². The van der Waals surface area contributed by atoms with E-state index in [2.05, 4.69) is 5.32 Å². The van der Waals surface area contributed by atoms with Gasteiger partial charge in [-0.25, -0.2) is 4.79 Å². The molecule has 0 aromatic rings. The van der Waals surface area contributed by atoms with Crippen LogP contribution in [0.15, 0.2) is 0 Å². The minimum Gasteiger partial charge on any atom is -0.395 e. The van der Waals surface area contributed by atoms with E-state index in [1.165, 1.54) is 6.42 Å². The van der Waals surface area contributed by atoms with Gasteiger partial charge in [0, 0.05) is 19.1 Å². The first-order valence-electron chi connectivity index (χ1n) is 4.94. The SMILES string of the molecule is CCN(CCO)C(=O)NC1CCC1. The first kappa shape index (κ1) is 10.3. The van der Waals surface area contributed by atoms with Gasteiger partial charge in [-0.3, -0.25) is 0 Å². The molecule has 1 aliphatic carbocycles. The van der Waals surface area contributed by atoms with E-state index in [0.717, 1.165) is 12.8 Å². The van der Waals surface area contributed by atoms with E-state index in [9.17, 15) is 4.79 Å². The zero-order chi connectivity index (χ0) is 9.68. The molecular formula is C9H18N2O2. The fourth-order valence-electron chi connectivity index (χ4n) is 1.34. The highest BCUT2D eigenvalue weighted by Gasteiger charge is 2.21. The molecule has 0 saturated heterocycles. The molecule has 76 valence electrons. The third-order valence-electron chi connectivity index (χ3n) is 2.47. The second kappa shape index (κ2) is 5.07. The number of likely N-dealkylation sites (N-methyl/N-ethyl adjacent to an activating group) is 1. The summed E-state index contributed by atoms with van der Waals surface area (Å²) < 4.78 is 0. The molecule has 1 saturated carbocycles. The Bertz CT molecular complexity index is 169. The van der Waals surface area contributed by atoms with Gasteiger partial charge in [0.15, 0.2) is 0 Å². The molecule has 0 spiro atoms. The number of rotatable bonds is 4. The average Bonchev–Trinajstić information content (AvgIpc) is 2.07. The number of urea groups is 1. The van der Waals surface area contributed by atoms with Gasteiger partial charge in [-0.05, 0) is 26.2 Å². The summed E-state index contributed by atoms with van der Waals surface area (Å²) in [6.45, 7) is 3.02. The van der Waals surface area contributed by atoms with Crippen molar-refractivity contribution in [3.05, 3.63) is 0 Å². The molecule has 0 unspecified atom stereocenters. The summed E-state index contributed by atoms with van der Waals surface area (Å²) >= 11 is 0. The van der Waals surface area contributed by atoms with Crippen LogP contribution < -0.4 is 5.32 Å². The molecule has 1 rings (SSSR count). The van der Waals surface area contributed by atoms with Crippen LogP contribution in [-0.2, 0) is 0 Å². The highest BCUT2D eigenvalue weighted by atomic mass is 16.3. The predicted octanol–water partition coefficient (Wildman–Crippen LogP) is 0.563. The van der Waals surface area contributed by atoms with Crippen molar-refractivity contribution in [2.75, 3.05) is 19.7 Å². The number of nitrogens with one attached hydrogen (secondary N) is 1. The molecule has 1 fully saturated rings. The maximum Gasteiger partial charge on any atom is 0.317 e. The lowest BCUT2D eigenvalue weighted by Crippen LogP contribution is -2.48. The number of carbonyl (C=O) groups excluding carboxylic acids is 1. The van der Waals surface area contributed by atoms with Gasteiger partial charge in [-0.15, -0.1) is 0 Å². The van der Waals surface area contributed by atoms with Crippen molar-refractivity contribution in [3.8, 4) is 0 Å². The molecule has 2 amide bonds. The van der Waals surface area contributed by atoms with Crippen molar-refractivity contribution in [2.24, 2.45) is 0 Å². The number of hydrogen-bond acceptors (Lipinski definition) is 2. The Balaban J connectivity index is 2.25. The molecule has 4 nitrogen and oxygen atoms in total. The Morgan fingerprint density at radius 3 is 2.69 bits per heavy atom. The van der Waals surface area contributed by atoms with E-state index in [1.807, 2.05) is 6.92 Å². The van der Waals surface area contributed by atoms with Crippen LogP contribution in [0.4, 0.5) is 4.79 Å². The van der Waals surface area contributed by atoms with Gasteiger partial charge in [0.2, 0.25) is 0 Å². The molecule has 0 atom stereocenters. The Morgan fingerprint density at radius 2 is 2.31 bits per heavy atom. The summed E-state index contributed by atoms with van der Waals surface area (Å²) in [4.78, 5) is 13.1. The summed E-state index contributed by atoms with van der Waals surface area (Å²) in [6, 6.07) is 0.335. The van der Waals surface area contributed by atoms with Crippen LogP contribution in [0.1, 0.15) is 26.2 Å². The Labute approximate surface area is 78.9 Å². The molecule has 0 bridgehead atoms. The maximum absolute atomic E-state index is 11.5. The quantitative estimate of drug-likeness (QED) is 0.674. The largest absolute Gasteiger partial charge is 0.395 e. The van der Waals surface area contributed by atoms with E-state index >= 15 is 0 Å². The summed E-state index contributed by atoms with van der Waals surface area (Å²) in [5, 5.41) is 11.6. The summed E-state index contributed by atoms with van der Waals surface area (Å²) in [7, 11) is 0. The lowest BCUT2D eigenvalue weighted by molar-refractivity contribution is 0.171. The van der Waals surface area contributed by atoms with Gasteiger partial charge >= 0.3 is 6.03 Å². The fraction of sp³-hybridized carbons (Fsp3) is 0.889. The number of amides is 2. The average molecular weight is 186 g/mol. The zero-order valence-corrected chi connectivity index (χ0v) is 8.12. The van der Waals surface area contributed by atoms with Gasteiger partial charge in [-0.1, -0.05) is 0 Å². The first-order chi connectivity index (χ1) is 6.27. The summed E-state index contributed by atoms with van der Waals surface area (Å²) in [6.07, 6.45) is 3.42. The predicted molar refractivity (Wildman–Crippen MR) is 50.5 cm³/mol. The standard InChI is InChI=1S/C9H18N2O2/c1-2-11(6-7-12)9(13)10-8-4-3-5-8/h8,12H,2-7H2,1H3,(H,10,13). The van der Waals surface area contributed by atoms with E-state index in [0.29, 0.717) is 19.1 Å². The summed E-state index contributed by atoms with van der Waals surface area (Å²) in [5.41, 5.74) is 0. The van der Waals surface area contributed by atoms with Gasteiger partial charge in [0.05, 0.1) is 6.61 Å². The topological polar surface area (TPSA) is 52.6 Å². The van der Waals surface area contributed by atoms with E-state index in [4.69, 9.17) is 5.11 Å². The lowest BCUT2D eigenvalue weighted by atomic mass is 9.93. The Morgan fingerprint density at radius 1 is 1.62 bits per heavy atom. The minimum atomic E-state index is -0.0405. The minimum absolute atomic E-state index is 0.0337. The Kier molecular flexibility index (Phi) is 4.02. The smallest absolute Gasteiger partial charge is 0.317 e. The number of aliphatic hydroxyl groups is 1. The van der Waals surface area contributed by atoms with Crippen LogP contribution in [0.5, 0.6) is 0 Å². The van der Waals surface area contributed by atoms with Crippen molar-refractivity contribution in [3.63, 3.8) is 0 Å². The summed E-state index contributed by atoms with van der Waals surface area (Å²) in [5.74, 6) is 0. The van der Waals surface area contributed by atoms with Crippen molar-refractivity contribution in [2.45, 2.75) is 32.2 Å². The highest BCUT2D eigenvalue weighted by molar-refractivity contribution is 5.74. The normalized spacial score (nSPS) is 16.5. The van der Waals surface area contributed by atoms with Crippen LogP contribution in [0.3, 0.4) is 0 Å². The van der Waals surface area contributed by atoms with Gasteiger partial charge in [-0.2, -0.15) is 0 Å². The molecule has 0 aromatic carbocycles. The second-order valence-corrected chi connectivity index (χ2v) is 3.38. The third kappa shape index (κ3) is 2.88. The highest BCUT2D eigenvalue weighted by Crippen LogP contribution is 2.18. The number of aliphatic hydroxyl groups excluding tert-OH is 1. The van der Waals surface area contributed by atoms with E-state index in [-0.39, 0.29) is 12.6 Å². The van der Waals surface area contributed by atoms with Gasteiger partial charge in [0.25, 0.3) is 0 Å². The fourth-order valence-corrected chi connectivity index (χ4v) is 1.34. The molecule has 0 aromatic heterocycles. The molecule has 1 aliphatic rings. The molecule has 2 N–H and O–H groups in total. The van der Waals surface area contributed by atoms with E-state index in [1.54, 1.807) is 4.90 Å². The van der Waals surface area contributed by atoms with Crippen LogP contribution in [0.25, 0.3) is 0 Å². The number of carbonyl (C=O) groups is 1. The zero-order valence-electron chi connectivity index (χ0n) is 8.12. The van der Waals surface area contributed by atoms with E-state index < -0.39 is 0 Å². The molecule has 0 radical (unpaired) electrons. The molecule has 4 heteroatoms. The lowest BCUT2D eigenvalue weighted by Gasteiger charge is -2.29. The van der Waals surface area contributed by atoms with Crippen LogP contribution in [0, 0.1) is 0 Å². The van der Waals surface area contributed by atoms with Crippen molar-refractivity contribution < 1.29 is 9.90 Å². The molecule has 0 heterocycles. The van der Waals surface area contributed by atoms with Crippen molar-refractivity contribution >= 4 is 6.03 Å². The van der Waals surface area contributed by atoms with Crippen molar-refractivity contribution in [1.29, 1.82) is 0 Å². The van der Waals surface area contributed by atoms with Gasteiger partial charge in [0.1, 0.15) is 0 Å². The van der Waals surface area contributed by atoms with Crippen LogP contribution in [-0.4, -0.2) is 41.8 Å². The number of nitrogens with zero attached hydrogens (tertiary/aromatic N) is 1. The first-order valence-corrected chi connectivity index (χ1v) is 4.94. The van der Waals surface area contributed by atoms with Gasteiger partial charge < -0.3 is 15.3 Å². The second-order valence-electron chi connectivity index (χ2n) is 3.38. The molecular weight excluding hydrogens is 168 g/mol. The maximum atomic E-state index is 11.5. The molecule has 0 aliphatic heterocycles. The van der Waals surface area contributed by atoms with Crippen LogP contribution in [0.2, 0.25) is 0 Å². The monoisotopic (exact) mass is 186 g/mol. The number of hydrogen-bond donors (Lipinski definition) is 2. The molecule has 13 heavy (non-hydrogen) atoms. The van der Waals surface area contributed by atoms with Crippen LogP contribution >= 0.6 is 0 Å². The Hall–Kier alpha value is -0.770.